The standard InChI is InChI=1S/C31H33N4O2P/c1-6-18-38-21(5)28-24(7-2)29-26(33-34-31(37)22-16-14-20(4)15-17-22)19-27(36)35(23-12-10-9-11-13-23)30(29)32-25(28)8-3/h3,9-17,21,26,38H,6-7,18-19H2,1-2,4-5H3. The van der Waals surface area contributed by atoms with Crippen molar-refractivity contribution in [1.29, 1.82) is 0 Å². The normalized spacial score (nSPS) is 16.1. The zero-order valence-corrected chi connectivity index (χ0v) is 23.4. The lowest BCUT2D eigenvalue weighted by molar-refractivity contribution is -0.118. The number of aryl methyl sites for hydroxylation is 1. The predicted molar refractivity (Wildman–Crippen MR) is 155 cm³/mol. The molecule has 0 saturated carbocycles. The Hall–Kier alpha value is -3.68. The van der Waals surface area contributed by atoms with Crippen molar-refractivity contribution in [3.05, 3.63) is 88.1 Å². The van der Waals surface area contributed by atoms with Crippen molar-refractivity contribution in [2.45, 2.75) is 58.7 Å². The molecule has 3 unspecified atom stereocenters. The summed E-state index contributed by atoms with van der Waals surface area (Å²) in [5.41, 5.74) is 5.96. The van der Waals surface area contributed by atoms with Crippen molar-refractivity contribution in [2.24, 2.45) is 10.2 Å². The van der Waals surface area contributed by atoms with Gasteiger partial charge >= 0.3 is 0 Å². The summed E-state index contributed by atoms with van der Waals surface area (Å²) in [6, 6.07) is 16.0. The molecule has 0 aliphatic carbocycles. The molecule has 1 aliphatic rings. The van der Waals surface area contributed by atoms with Crippen molar-refractivity contribution in [1.82, 2.24) is 4.98 Å². The molecule has 0 N–H and O–H groups in total. The van der Waals surface area contributed by atoms with E-state index in [1.807, 2.05) is 49.4 Å². The van der Waals surface area contributed by atoms with Gasteiger partial charge in [-0.25, -0.2) is 4.98 Å². The number of rotatable bonds is 8. The number of benzene rings is 2. The Morgan fingerprint density at radius 1 is 1.18 bits per heavy atom. The predicted octanol–water partition coefficient (Wildman–Crippen LogP) is 7.49. The summed E-state index contributed by atoms with van der Waals surface area (Å²) in [5, 5.41) is 8.54. The van der Waals surface area contributed by atoms with E-state index in [0.717, 1.165) is 40.5 Å². The van der Waals surface area contributed by atoms with E-state index in [-0.39, 0.29) is 18.0 Å². The number of amides is 2. The van der Waals surface area contributed by atoms with E-state index in [2.05, 4.69) is 36.9 Å². The van der Waals surface area contributed by atoms with Crippen LogP contribution in [0.25, 0.3) is 0 Å². The molecular formula is C31H33N4O2P. The lowest BCUT2D eigenvalue weighted by atomic mass is 9.88. The van der Waals surface area contributed by atoms with Crippen molar-refractivity contribution in [2.75, 3.05) is 11.1 Å². The number of azo groups is 1. The van der Waals surface area contributed by atoms with Crippen molar-refractivity contribution in [3.8, 4) is 12.3 Å². The molecule has 1 aliphatic heterocycles. The molecular weight excluding hydrogens is 491 g/mol. The topological polar surface area (TPSA) is 75.0 Å². The average Bonchev–Trinajstić information content (AvgIpc) is 2.94. The highest BCUT2D eigenvalue weighted by atomic mass is 31.1. The van der Waals surface area contributed by atoms with Gasteiger partial charge in [-0.1, -0.05) is 63.1 Å². The molecule has 2 amide bonds. The van der Waals surface area contributed by atoms with Crippen LogP contribution in [0.4, 0.5) is 11.5 Å². The zero-order chi connectivity index (χ0) is 27.2. The molecule has 2 heterocycles. The Balaban J connectivity index is 1.88. The highest BCUT2D eigenvalue weighted by Crippen LogP contribution is 2.47. The van der Waals surface area contributed by atoms with E-state index >= 15 is 0 Å². The molecule has 1 aromatic heterocycles. The number of pyridine rings is 1. The van der Waals surface area contributed by atoms with Gasteiger partial charge in [-0.2, -0.15) is 5.11 Å². The third kappa shape index (κ3) is 5.59. The fraction of sp³-hybridized carbons (Fsp3) is 0.323. The fourth-order valence-electron chi connectivity index (χ4n) is 4.88. The van der Waals surface area contributed by atoms with Gasteiger partial charge in [0.15, 0.2) is 0 Å². The lowest BCUT2D eigenvalue weighted by Crippen LogP contribution is -2.34. The van der Waals surface area contributed by atoms with Crippen LogP contribution in [0.2, 0.25) is 0 Å². The van der Waals surface area contributed by atoms with Crippen molar-refractivity contribution in [3.63, 3.8) is 0 Å². The average molecular weight is 525 g/mol. The van der Waals surface area contributed by atoms with Crippen LogP contribution in [0, 0.1) is 19.3 Å². The Bertz CT molecular complexity index is 1390. The van der Waals surface area contributed by atoms with Crippen LogP contribution >= 0.6 is 8.58 Å². The Morgan fingerprint density at radius 2 is 1.89 bits per heavy atom. The van der Waals surface area contributed by atoms with E-state index < -0.39 is 11.9 Å². The number of carbonyl (C=O) groups is 2. The van der Waals surface area contributed by atoms with E-state index in [1.165, 1.54) is 0 Å². The monoisotopic (exact) mass is 524 g/mol. The van der Waals surface area contributed by atoms with Gasteiger partial charge in [0.25, 0.3) is 5.91 Å². The third-order valence-corrected chi connectivity index (χ3v) is 8.44. The number of terminal acetylenes is 1. The quantitative estimate of drug-likeness (QED) is 0.174. The van der Waals surface area contributed by atoms with Gasteiger partial charge in [0.2, 0.25) is 5.91 Å². The molecule has 3 aromatic rings. The van der Waals surface area contributed by atoms with Crippen LogP contribution in [0.3, 0.4) is 0 Å². The van der Waals surface area contributed by atoms with E-state index in [4.69, 9.17) is 11.4 Å². The van der Waals surface area contributed by atoms with Crippen LogP contribution in [0.5, 0.6) is 0 Å². The molecule has 38 heavy (non-hydrogen) atoms. The largest absolute Gasteiger partial charge is 0.295 e. The Labute approximate surface area is 226 Å². The fourth-order valence-corrected chi connectivity index (χ4v) is 6.12. The molecule has 4 rings (SSSR count). The summed E-state index contributed by atoms with van der Waals surface area (Å²) in [4.78, 5) is 32.9. The number of hydrogen-bond donors (Lipinski definition) is 0. The van der Waals surface area contributed by atoms with Gasteiger partial charge < -0.3 is 0 Å². The number of hydrogen-bond acceptors (Lipinski definition) is 4. The van der Waals surface area contributed by atoms with Gasteiger partial charge in [-0.05, 0) is 60.8 Å². The zero-order valence-electron chi connectivity index (χ0n) is 22.4. The molecule has 6 nitrogen and oxygen atoms in total. The Morgan fingerprint density at radius 3 is 2.53 bits per heavy atom. The van der Waals surface area contributed by atoms with Gasteiger partial charge in [-0.3, -0.25) is 14.5 Å². The van der Waals surface area contributed by atoms with E-state index in [9.17, 15) is 9.59 Å². The van der Waals surface area contributed by atoms with Crippen LogP contribution in [0.15, 0.2) is 64.8 Å². The van der Waals surface area contributed by atoms with Crippen LogP contribution in [-0.4, -0.2) is 23.0 Å². The smallest absolute Gasteiger partial charge is 0.274 e. The maximum absolute atomic E-state index is 13.5. The van der Waals surface area contributed by atoms with Crippen LogP contribution in [0.1, 0.15) is 83.6 Å². The Kier molecular flexibility index (Phi) is 8.81. The lowest BCUT2D eigenvalue weighted by Gasteiger charge is -2.34. The second-order valence-corrected chi connectivity index (χ2v) is 11.2. The van der Waals surface area contributed by atoms with E-state index in [1.54, 1.807) is 17.0 Å². The van der Waals surface area contributed by atoms with Gasteiger partial charge in [0, 0.05) is 16.8 Å². The summed E-state index contributed by atoms with van der Waals surface area (Å²) in [5.74, 6) is 2.69. The van der Waals surface area contributed by atoms with Crippen molar-refractivity contribution >= 4 is 31.9 Å². The van der Waals surface area contributed by atoms with Crippen molar-refractivity contribution < 1.29 is 9.59 Å². The van der Waals surface area contributed by atoms with E-state index in [0.29, 0.717) is 32.1 Å². The molecule has 3 atom stereocenters. The maximum atomic E-state index is 13.5. The number of aromatic nitrogens is 1. The summed E-state index contributed by atoms with van der Waals surface area (Å²) in [7, 11) is 0.702. The van der Waals surface area contributed by atoms with Gasteiger partial charge in [0.1, 0.15) is 17.6 Å². The van der Waals surface area contributed by atoms with Crippen LogP contribution < -0.4 is 4.90 Å². The first-order valence-corrected chi connectivity index (χ1v) is 14.3. The third-order valence-electron chi connectivity index (χ3n) is 6.75. The minimum absolute atomic E-state index is 0.0850. The summed E-state index contributed by atoms with van der Waals surface area (Å²) in [6.45, 7) is 8.42. The first-order chi connectivity index (χ1) is 18.4. The number of fused-ring (bicyclic) bond motifs is 1. The minimum Gasteiger partial charge on any atom is -0.274 e. The second-order valence-electron chi connectivity index (χ2n) is 9.43. The maximum Gasteiger partial charge on any atom is 0.295 e. The first-order valence-electron chi connectivity index (χ1n) is 13.1. The summed E-state index contributed by atoms with van der Waals surface area (Å²) >= 11 is 0. The number of nitrogens with zero attached hydrogens (tertiary/aromatic N) is 4. The van der Waals surface area contributed by atoms with Gasteiger partial charge in [0.05, 0.1) is 12.1 Å². The molecule has 0 fully saturated rings. The van der Waals surface area contributed by atoms with Gasteiger partial charge in [-0.15, -0.1) is 20.1 Å². The summed E-state index contributed by atoms with van der Waals surface area (Å²) < 4.78 is 0. The minimum atomic E-state index is -0.624. The molecule has 0 spiro atoms. The molecule has 194 valence electrons. The number of carbonyl (C=O) groups excluding carboxylic acids is 2. The number of para-hydroxylation sites is 1. The molecule has 0 bridgehead atoms. The van der Waals surface area contributed by atoms with Crippen LogP contribution in [-0.2, 0) is 11.2 Å². The summed E-state index contributed by atoms with van der Waals surface area (Å²) in [6.07, 6.45) is 8.99. The molecule has 2 aromatic carbocycles. The molecule has 7 heteroatoms. The second kappa shape index (κ2) is 12.2. The molecule has 0 radical (unpaired) electrons. The SMILES string of the molecule is C#Cc1nc2c(c(CC)c1C(C)PCCC)C(N=NC(=O)c1ccc(C)cc1)CC(=O)N2c1ccccc1. The molecule has 0 saturated heterocycles. The highest BCUT2D eigenvalue weighted by molar-refractivity contribution is 7.38. The first kappa shape index (κ1) is 27.4. The highest BCUT2D eigenvalue weighted by Gasteiger charge is 2.38. The number of anilines is 2.